The van der Waals surface area contributed by atoms with Gasteiger partial charge in [-0.1, -0.05) is 24.3 Å². The van der Waals surface area contributed by atoms with Gasteiger partial charge in [-0.3, -0.25) is 0 Å². The largest absolute Gasteiger partial charge is 0.389 e. The lowest BCUT2D eigenvalue weighted by Crippen LogP contribution is -2.32. The maximum atomic E-state index is 10.00. The van der Waals surface area contributed by atoms with Crippen LogP contribution in [0.3, 0.4) is 0 Å². The van der Waals surface area contributed by atoms with Crippen LogP contribution in [-0.2, 0) is 10.6 Å². The van der Waals surface area contributed by atoms with E-state index in [-0.39, 0.29) is 6.10 Å². The Hall–Kier alpha value is -0.550. The number of rotatable bonds is 6. The third kappa shape index (κ3) is 3.55. The van der Waals surface area contributed by atoms with Crippen molar-refractivity contribution in [1.82, 2.24) is 4.90 Å². The van der Waals surface area contributed by atoms with E-state index in [0.717, 1.165) is 32.5 Å². The van der Waals surface area contributed by atoms with Crippen molar-refractivity contribution in [3.63, 3.8) is 0 Å². The Morgan fingerprint density at radius 3 is 2.95 bits per heavy atom. The van der Waals surface area contributed by atoms with Crippen LogP contribution in [0.4, 0.5) is 0 Å². The molecule has 1 aromatic carbocycles. The summed E-state index contributed by atoms with van der Waals surface area (Å²) in [6, 6.07) is 8.61. The molecule has 0 radical (unpaired) electrons. The van der Waals surface area contributed by atoms with Gasteiger partial charge in [0.05, 0.1) is 18.0 Å². The van der Waals surface area contributed by atoms with Gasteiger partial charge in [0, 0.05) is 6.54 Å². The average Bonchev–Trinajstić information content (AvgIpc) is 3.09. The fourth-order valence-electron chi connectivity index (χ4n) is 3.13. The van der Waals surface area contributed by atoms with Crippen LogP contribution in [0.5, 0.6) is 0 Å². The zero-order chi connectivity index (χ0) is 13.8. The van der Waals surface area contributed by atoms with Crippen LogP contribution >= 0.6 is 12.0 Å². The van der Waals surface area contributed by atoms with Crippen molar-refractivity contribution in [2.75, 3.05) is 26.2 Å². The van der Waals surface area contributed by atoms with E-state index in [1.54, 1.807) is 0 Å². The first kappa shape index (κ1) is 14.4. The number of hydrogen-bond donors (Lipinski definition) is 1. The predicted octanol–water partition coefficient (Wildman–Crippen LogP) is 2.80. The molecule has 0 aromatic heterocycles. The summed E-state index contributed by atoms with van der Waals surface area (Å²) in [5.41, 5.74) is 2.86. The highest BCUT2D eigenvalue weighted by atomic mass is 32.2. The number of benzene rings is 1. The molecule has 0 amide bonds. The number of aliphatic hydroxyl groups is 1. The summed E-state index contributed by atoms with van der Waals surface area (Å²) in [5, 5.41) is 10.4. The summed E-state index contributed by atoms with van der Waals surface area (Å²) in [5.74, 6) is 0. The Kier molecular flexibility index (Phi) is 4.99. The smallest absolute Gasteiger partial charge is 0.0912 e. The van der Waals surface area contributed by atoms with E-state index in [9.17, 15) is 5.11 Å². The SMILES string of the molecule is OC(COSC1CCc2ccccc21)CN1CCCC1. The third-order valence-electron chi connectivity index (χ3n) is 4.19. The number of β-amino-alcohol motifs (C(OH)–C–C–N with tert-alkyl or cyclic N) is 1. The molecule has 4 heteroatoms. The summed E-state index contributed by atoms with van der Waals surface area (Å²) < 4.78 is 5.69. The molecule has 2 aliphatic rings. The van der Waals surface area contributed by atoms with Gasteiger partial charge in [-0.2, -0.15) is 0 Å². The second-order valence-corrected chi connectivity index (χ2v) is 6.77. The molecule has 20 heavy (non-hydrogen) atoms. The van der Waals surface area contributed by atoms with Crippen molar-refractivity contribution in [1.29, 1.82) is 0 Å². The molecule has 1 heterocycles. The zero-order valence-electron chi connectivity index (χ0n) is 11.8. The average molecular weight is 293 g/mol. The van der Waals surface area contributed by atoms with Crippen LogP contribution in [0.2, 0.25) is 0 Å². The highest BCUT2D eigenvalue weighted by Gasteiger charge is 2.23. The first-order chi connectivity index (χ1) is 9.83. The van der Waals surface area contributed by atoms with E-state index in [0.29, 0.717) is 11.9 Å². The van der Waals surface area contributed by atoms with Gasteiger partial charge in [-0.05, 0) is 61.9 Å². The molecule has 2 unspecified atom stereocenters. The van der Waals surface area contributed by atoms with Gasteiger partial charge in [-0.25, -0.2) is 0 Å². The monoisotopic (exact) mass is 293 g/mol. The van der Waals surface area contributed by atoms with Crippen LogP contribution in [0.15, 0.2) is 24.3 Å². The summed E-state index contributed by atoms with van der Waals surface area (Å²) in [6.45, 7) is 3.43. The van der Waals surface area contributed by atoms with Crippen LogP contribution in [-0.4, -0.2) is 42.4 Å². The Morgan fingerprint density at radius 1 is 1.30 bits per heavy atom. The molecule has 1 aliphatic carbocycles. The number of fused-ring (bicyclic) bond motifs is 1. The van der Waals surface area contributed by atoms with Crippen LogP contribution in [0.1, 0.15) is 35.6 Å². The molecule has 1 saturated heterocycles. The summed E-state index contributed by atoms with van der Waals surface area (Å²) in [4.78, 5) is 2.32. The van der Waals surface area contributed by atoms with Gasteiger partial charge >= 0.3 is 0 Å². The molecule has 3 rings (SSSR count). The van der Waals surface area contributed by atoms with E-state index < -0.39 is 0 Å². The predicted molar refractivity (Wildman–Crippen MR) is 82.7 cm³/mol. The van der Waals surface area contributed by atoms with Crippen molar-refractivity contribution >= 4 is 12.0 Å². The Morgan fingerprint density at radius 2 is 2.10 bits per heavy atom. The van der Waals surface area contributed by atoms with E-state index in [1.807, 2.05) is 0 Å². The second kappa shape index (κ2) is 6.94. The summed E-state index contributed by atoms with van der Waals surface area (Å²) in [7, 11) is 0. The molecule has 0 bridgehead atoms. The zero-order valence-corrected chi connectivity index (χ0v) is 12.6. The minimum Gasteiger partial charge on any atom is -0.389 e. The molecule has 1 fully saturated rings. The molecule has 3 nitrogen and oxygen atoms in total. The lowest BCUT2D eigenvalue weighted by molar-refractivity contribution is 0.0835. The fourth-order valence-corrected chi connectivity index (χ4v) is 4.08. The molecule has 1 N–H and O–H groups in total. The van der Waals surface area contributed by atoms with Gasteiger partial charge in [0.1, 0.15) is 0 Å². The van der Waals surface area contributed by atoms with Crippen molar-refractivity contribution in [3.8, 4) is 0 Å². The third-order valence-corrected chi connectivity index (χ3v) is 5.18. The lowest BCUT2D eigenvalue weighted by Gasteiger charge is -2.19. The Balaban J connectivity index is 1.40. The molecule has 0 saturated carbocycles. The number of hydrogen-bond acceptors (Lipinski definition) is 4. The lowest BCUT2D eigenvalue weighted by atomic mass is 10.1. The molecule has 1 aliphatic heterocycles. The first-order valence-electron chi connectivity index (χ1n) is 7.59. The Labute approximate surface area is 125 Å². The van der Waals surface area contributed by atoms with Gasteiger partial charge in [0.2, 0.25) is 0 Å². The van der Waals surface area contributed by atoms with Gasteiger partial charge in [0.25, 0.3) is 0 Å². The number of aliphatic hydroxyl groups excluding tert-OH is 1. The minimum atomic E-state index is -0.364. The van der Waals surface area contributed by atoms with Gasteiger partial charge in [0.15, 0.2) is 0 Å². The van der Waals surface area contributed by atoms with Crippen molar-refractivity contribution in [2.24, 2.45) is 0 Å². The normalized spacial score (nSPS) is 23.9. The highest BCUT2D eigenvalue weighted by Crippen LogP contribution is 2.41. The minimum absolute atomic E-state index is 0.364. The molecular weight excluding hydrogens is 270 g/mol. The van der Waals surface area contributed by atoms with E-state index in [2.05, 4.69) is 29.2 Å². The Bertz CT molecular complexity index is 434. The first-order valence-corrected chi connectivity index (χ1v) is 8.40. The quantitative estimate of drug-likeness (QED) is 0.818. The van der Waals surface area contributed by atoms with Crippen LogP contribution < -0.4 is 0 Å². The maximum Gasteiger partial charge on any atom is 0.0912 e. The molecule has 0 spiro atoms. The van der Waals surface area contributed by atoms with E-state index >= 15 is 0 Å². The van der Waals surface area contributed by atoms with Crippen molar-refractivity contribution in [2.45, 2.75) is 37.0 Å². The number of nitrogens with zero attached hydrogens (tertiary/aromatic N) is 1. The second-order valence-electron chi connectivity index (χ2n) is 5.77. The molecule has 2 atom stereocenters. The standard InChI is InChI=1S/C16H23NO2S/c18-14(11-17-9-3-4-10-17)12-19-20-16-8-7-13-5-1-2-6-15(13)16/h1-2,5-6,14,16,18H,3-4,7-12H2. The molecular formula is C16H23NO2S. The van der Waals surface area contributed by atoms with Gasteiger partial charge in [-0.15, -0.1) is 0 Å². The number of aryl methyl sites for hydroxylation is 1. The van der Waals surface area contributed by atoms with Crippen LogP contribution in [0.25, 0.3) is 0 Å². The van der Waals surface area contributed by atoms with Crippen LogP contribution in [0, 0.1) is 0 Å². The maximum absolute atomic E-state index is 10.00. The summed E-state index contributed by atoms with van der Waals surface area (Å²) in [6.07, 6.45) is 4.46. The van der Waals surface area contributed by atoms with Crippen molar-refractivity contribution in [3.05, 3.63) is 35.4 Å². The van der Waals surface area contributed by atoms with E-state index in [1.165, 1.54) is 36.0 Å². The topological polar surface area (TPSA) is 32.7 Å². The highest BCUT2D eigenvalue weighted by molar-refractivity contribution is 7.94. The summed E-state index contributed by atoms with van der Waals surface area (Å²) >= 11 is 1.53. The van der Waals surface area contributed by atoms with Gasteiger partial charge < -0.3 is 14.2 Å². The molecule has 1 aromatic rings. The van der Waals surface area contributed by atoms with Crippen molar-refractivity contribution < 1.29 is 9.29 Å². The number of likely N-dealkylation sites (tertiary alicyclic amines) is 1. The fraction of sp³-hybridized carbons (Fsp3) is 0.625. The van der Waals surface area contributed by atoms with E-state index in [4.69, 9.17) is 4.18 Å². The molecule has 110 valence electrons.